The Balaban J connectivity index is 1.82. The first-order chi connectivity index (χ1) is 13.3. The second-order valence-electron chi connectivity index (χ2n) is 6.16. The number of carbonyl (C=O) groups excluding carboxylic acids is 1. The van der Waals surface area contributed by atoms with Crippen LogP contribution in [-0.2, 0) is 19.7 Å². The third-order valence-electron chi connectivity index (χ3n) is 4.30. The van der Waals surface area contributed by atoms with Crippen molar-refractivity contribution in [2.75, 3.05) is 25.6 Å². The van der Waals surface area contributed by atoms with Gasteiger partial charge in [0.15, 0.2) is 0 Å². The summed E-state index contributed by atoms with van der Waals surface area (Å²) >= 11 is 7.15. The van der Waals surface area contributed by atoms with Gasteiger partial charge in [-0.2, -0.15) is 17.4 Å². The second-order valence-corrected chi connectivity index (χ2v) is 9.21. The Morgan fingerprint density at radius 2 is 2.25 bits per heavy atom. The Morgan fingerprint density at radius 3 is 2.89 bits per heavy atom. The van der Waals surface area contributed by atoms with Gasteiger partial charge in [0.05, 0.1) is 17.7 Å². The van der Waals surface area contributed by atoms with Crippen LogP contribution in [0, 0.1) is 5.82 Å². The van der Waals surface area contributed by atoms with E-state index in [1.807, 2.05) is 17.5 Å². The summed E-state index contributed by atoms with van der Waals surface area (Å²) in [4.78, 5) is 13.5. The van der Waals surface area contributed by atoms with Crippen LogP contribution in [0.25, 0.3) is 0 Å². The van der Waals surface area contributed by atoms with Crippen LogP contribution in [0.1, 0.15) is 17.3 Å². The first-order valence-corrected chi connectivity index (χ1v) is 11.1. The van der Waals surface area contributed by atoms with E-state index in [0.717, 1.165) is 10.9 Å². The Hall–Kier alpha value is -1.56. The number of hydrogen-bond acceptors (Lipinski definition) is 5. The third kappa shape index (κ3) is 4.70. The van der Waals surface area contributed by atoms with Gasteiger partial charge in [0.25, 0.3) is 10.2 Å². The van der Waals surface area contributed by atoms with Crippen molar-refractivity contribution in [2.45, 2.75) is 18.5 Å². The molecule has 7 nitrogen and oxygen atoms in total. The number of hydrogen-bond donors (Lipinski definition) is 2. The summed E-state index contributed by atoms with van der Waals surface area (Å²) in [5, 5.41) is 4.30. The van der Waals surface area contributed by atoms with Gasteiger partial charge in [-0.25, -0.2) is 4.39 Å². The van der Waals surface area contributed by atoms with Gasteiger partial charge in [-0.3, -0.25) is 4.79 Å². The molecule has 1 amide bonds. The zero-order valence-corrected chi connectivity index (χ0v) is 17.3. The number of ether oxygens (including phenoxy) is 1. The van der Waals surface area contributed by atoms with Gasteiger partial charge in [-0.05, 0) is 36.1 Å². The minimum atomic E-state index is -3.91. The number of anilines is 1. The molecule has 0 aliphatic carbocycles. The van der Waals surface area contributed by atoms with Crippen LogP contribution < -0.4 is 10.0 Å². The molecular weight excluding hydrogens is 429 g/mol. The van der Waals surface area contributed by atoms with Crippen LogP contribution in [0.15, 0.2) is 35.7 Å². The van der Waals surface area contributed by atoms with E-state index in [-0.39, 0.29) is 30.3 Å². The maximum atomic E-state index is 13.3. The van der Waals surface area contributed by atoms with Crippen molar-refractivity contribution in [3.8, 4) is 0 Å². The normalized spacial score (nSPS) is 22.1. The lowest BCUT2D eigenvalue weighted by Crippen LogP contribution is -2.57. The zero-order chi connectivity index (χ0) is 20.3. The van der Waals surface area contributed by atoms with Crippen molar-refractivity contribution in [2.24, 2.45) is 0 Å². The molecule has 0 radical (unpaired) electrons. The molecule has 3 rings (SSSR count). The largest absolute Gasteiger partial charge is 0.383 e. The van der Waals surface area contributed by atoms with E-state index in [9.17, 15) is 17.6 Å². The van der Waals surface area contributed by atoms with Gasteiger partial charge in [0.2, 0.25) is 5.91 Å². The van der Waals surface area contributed by atoms with Gasteiger partial charge in [-0.1, -0.05) is 17.7 Å². The van der Waals surface area contributed by atoms with E-state index in [4.69, 9.17) is 16.3 Å². The topological polar surface area (TPSA) is 87.7 Å². The minimum absolute atomic E-state index is 0.135. The average molecular weight is 448 g/mol. The predicted molar refractivity (Wildman–Crippen MR) is 106 cm³/mol. The molecule has 2 N–H and O–H groups in total. The van der Waals surface area contributed by atoms with E-state index in [1.54, 1.807) is 0 Å². The summed E-state index contributed by atoms with van der Waals surface area (Å²) in [6.07, 6.45) is 0.240. The number of nitrogens with zero attached hydrogens (tertiary/aromatic N) is 1. The molecule has 1 aromatic carbocycles. The molecule has 1 aromatic heterocycles. The van der Waals surface area contributed by atoms with Crippen molar-refractivity contribution in [3.05, 3.63) is 51.4 Å². The maximum Gasteiger partial charge on any atom is 0.280 e. The van der Waals surface area contributed by atoms with Crippen molar-refractivity contribution in [1.29, 1.82) is 0 Å². The lowest BCUT2D eigenvalue weighted by Gasteiger charge is -2.38. The molecule has 2 unspecified atom stereocenters. The number of carbonyl (C=O) groups is 1. The summed E-state index contributed by atoms with van der Waals surface area (Å²) in [7, 11) is -2.41. The molecule has 1 aliphatic rings. The highest BCUT2D eigenvalue weighted by atomic mass is 35.5. The lowest BCUT2D eigenvalue weighted by atomic mass is 10.0. The Labute approximate surface area is 171 Å². The highest BCUT2D eigenvalue weighted by molar-refractivity contribution is 7.87. The highest BCUT2D eigenvalue weighted by Crippen LogP contribution is 2.34. The van der Waals surface area contributed by atoms with Gasteiger partial charge < -0.3 is 10.1 Å². The van der Waals surface area contributed by atoms with Crippen LogP contribution in [0.4, 0.5) is 10.1 Å². The fourth-order valence-corrected chi connectivity index (χ4v) is 5.61. The predicted octanol–water partition coefficient (Wildman–Crippen LogP) is 2.78. The van der Waals surface area contributed by atoms with Crippen LogP contribution in [0.5, 0.6) is 0 Å². The molecule has 1 fully saturated rings. The van der Waals surface area contributed by atoms with Crippen molar-refractivity contribution >= 4 is 44.7 Å². The van der Waals surface area contributed by atoms with E-state index >= 15 is 0 Å². The SMILES string of the molecule is COCCN1C(c2cccs2)CC(C(=O)Nc2ccc(F)c(Cl)c2)NS1(=O)=O. The van der Waals surface area contributed by atoms with Crippen molar-refractivity contribution in [1.82, 2.24) is 9.03 Å². The quantitative estimate of drug-likeness (QED) is 0.712. The first-order valence-electron chi connectivity index (χ1n) is 8.39. The smallest absolute Gasteiger partial charge is 0.280 e. The number of methoxy groups -OCH3 is 1. The van der Waals surface area contributed by atoms with Crippen LogP contribution in [0.2, 0.25) is 5.02 Å². The van der Waals surface area contributed by atoms with Crippen molar-refractivity contribution in [3.63, 3.8) is 0 Å². The van der Waals surface area contributed by atoms with Crippen LogP contribution >= 0.6 is 22.9 Å². The first kappa shape index (κ1) is 21.2. The number of benzene rings is 1. The highest BCUT2D eigenvalue weighted by Gasteiger charge is 2.42. The molecule has 0 bridgehead atoms. The number of thiophene rings is 1. The Morgan fingerprint density at radius 1 is 1.46 bits per heavy atom. The van der Waals surface area contributed by atoms with E-state index in [0.29, 0.717) is 0 Å². The standard InChI is InChI=1S/C17H19ClFN3O4S2/c1-26-7-6-22-15(16-3-2-8-27-16)10-14(21-28(22,24)25)17(23)20-11-4-5-13(19)12(18)9-11/h2-5,8-9,14-15,21H,6-7,10H2,1H3,(H,20,23). The molecule has 0 spiro atoms. The summed E-state index contributed by atoms with van der Waals surface area (Å²) < 4.78 is 47.6. The van der Waals surface area contributed by atoms with Crippen LogP contribution in [0.3, 0.4) is 0 Å². The molecule has 152 valence electrons. The van der Waals surface area contributed by atoms with Gasteiger partial charge in [0, 0.05) is 24.2 Å². The Kier molecular flexibility index (Phi) is 6.69. The fourth-order valence-electron chi connectivity index (χ4n) is 2.96. The summed E-state index contributed by atoms with van der Waals surface area (Å²) in [5.41, 5.74) is 0.282. The number of halogens is 2. The molecule has 0 saturated carbocycles. The van der Waals surface area contributed by atoms with E-state index in [1.165, 1.54) is 34.9 Å². The molecule has 11 heteroatoms. The van der Waals surface area contributed by atoms with Gasteiger partial charge >= 0.3 is 0 Å². The molecule has 2 atom stereocenters. The minimum Gasteiger partial charge on any atom is -0.383 e. The van der Waals surface area contributed by atoms with Crippen molar-refractivity contribution < 1.29 is 22.3 Å². The van der Waals surface area contributed by atoms with E-state index in [2.05, 4.69) is 10.0 Å². The number of rotatable bonds is 6. The zero-order valence-electron chi connectivity index (χ0n) is 14.9. The van der Waals surface area contributed by atoms with E-state index < -0.39 is 34.0 Å². The average Bonchev–Trinajstić information content (AvgIpc) is 3.17. The van der Waals surface area contributed by atoms with Gasteiger partial charge in [0.1, 0.15) is 11.9 Å². The third-order valence-corrected chi connectivity index (χ3v) is 7.20. The van der Waals surface area contributed by atoms with Crippen LogP contribution in [-0.4, -0.2) is 44.9 Å². The Bertz CT molecular complexity index is 940. The summed E-state index contributed by atoms with van der Waals surface area (Å²) in [6.45, 7) is 0.393. The molecule has 28 heavy (non-hydrogen) atoms. The molecule has 2 aromatic rings. The monoisotopic (exact) mass is 447 g/mol. The summed E-state index contributed by atoms with van der Waals surface area (Å²) in [5.74, 6) is -1.15. The fraction of sp³-hybridized carbons (Fsp3) is 0.353. The molecule has 1 saturated heterocycles. The van der Waals surface area contributed by atoms with Gasteiger partial charge in [-0.15, -0.1) is 11.3 Å². The maximum absolute atomic E-state index is 13.3. The number of nitrogens with one attached hydrogen (secondary N) is 2. The molecule has 2 heterocycles. The molecular formula is C17H19ClFN3O4S2. The lowest BCUT2D eigenvalue weighted by molar-refractivity contribution is -0.118. The second kappa shape index (κ2) is 8.85. The number of amides is 1. The molecule has 1 aliphatic heterocycles. The summed E-state index contributed by atoms with van der Waals surface area (Å²) in [6, 6.07) is 5.95.